The molecule has 0 heterocycles. The maximum absolute atomic E-state index is 11.6. The highest BCUT2D eigenvalue weighted by Crippen LogP contribution is 2.22. The summed E-state index contributed by atoms with van der Waals surface area (Å²) in [6.45, 7) is 0. The number of rotatable bonds is 5. The zero-order valence-electron chi connectivity index (χ0n) is 6.25. The molecule has 0 nitrogen and oxygen atoms in total. The highest BCUT2D eigenvalue weighted by Gasteiger charge is 2.25. The third-order valence-electron chi connectivity index (χ3n) is 1.34. The summed E-state index contributed by atoms with van der Waals surface area (Å²) in [4.78, 5) is 0. The highest BCUT2D eigenvalue weighted by atomic mass is 127. The Balaban J connectivity index is 3.02. The zero-order chi connectivity index (χ0) is 8.74. The summed E-state index contributed by atoms with van der Waals surface area (Å²) >= 11 is 2.23. The van der Waals surface area contributed by atoms with Gasteiger partial charge in [0.25, 0.3) is 0 Å². The fraction of sp³-hybridized carbons (Fsp3) is 1.00. The van der Waals surface area contributed by atoms with Crippen LogP contribution in [0.25, 0.3) is 0 Å². The number of hydrogen-bond donors (Lipinski definition) is 0. The average Bonchev–Trinajstić information content (AvgIpc) is 1.85. The fourth-order valence-corrected chi connectivity index (χ4v) is 1.31. The molecule has 0 atom stereocenters. The van der Waals surface area contributed by atoms with E-state index in [1.165, 1.54) is 0 Å². The topological polar surface area (TPSA) is 0 Å². The Morgan fingerprint density at radius 3 is 1.91 bits per heavy atom. The third-order valence-corrected chi connectivity index (χ3v) is 2.11. The van der Waals surface area contributed by atoms with Crippen molar-refractivity contribution in [2.24, 2.45) is 0 Å². The molecule has 0 spiro atoms. The van der Waals surface area contributed by atoms with Crippen LogP contribution in [0.15, 0.2) is 0 Å². The van der Waals surface area contributed by atoms with Crippen LogP contribution in [-0.4, -0.2) is 10.6 Å². The Bertz CT molecular complexity index is 90.2. The van der Waals surface area contributed by atoms with Gasteiger partial charge in [-0.2, -0.15) is 13.2 Å². The lowest BCUT2D eigenvalue weighted by atomic mass is 10.1. The van der Waals surface area contributed by atoms with Crippen molar-refractivity contribution < 1.29 is 13.2 Å². The van der Waals surface area contributed by atoms with E-state index in [1.807, 2.05) is 0 Å². The van der Waals surface area contributed by atoms with Crippen molar-refractivity contribution in [3.63, 3.8) is 0 Å². The van der Waals surface area contributed by atoms with E-state index < -0.39 is 12.6 Å². The molecule has 0 amide bonds. The Hall–Kier alpha value is 0.520. The molecule has 0 N–H and O–H groups in total. The van der Waals surface area contributed by atoms with Gasteiger partial charge in [-0.3, -0.25) is 0 Å². The first-order chi connectivity index (χ1) is 5.06. The summed E-state index contributed by atoms with van der Waals surface area (Å²) in [7, 11) is 0. The van der Waals surface area contributed by atoms with Crippen molar-refractivity contribution in [1.29, 1.82) is 0 Å². The van der Waals surface area contributed by atoms with Gasteiger partial charge in [0.1, 0.15) is 0 Å². The zero-order valence-corrected chi connectivity index (χ0v) is 8.41. The minimum atomic E-state index is -3.95. The Labute approximate surface area is 78.7 Å². The Kier molecular flexibility index (Phi) is 6.37. The molecule has 0 radical (unpaired) electrons. The molecule has 0 aromatic heterocycles. The van der Waals surface area contributed by atoms with Crippen LogP contribution in [-0.2, 0) is 0 Å². The van der Waals surface area contributed by atoms with E-state index in [0.717, 1.165) is 17.3 Å². The van der Waals surface area contributed by atoms with Crippen molar-refractivity contribution in [2.45, 2.75) is 38.3 Å². The monoisotopic (exact) mass is 280 g/mol. The molecule has 4 heteroatoms. The van der Waals surface area contributed by atoms with E-state index in [0.29, 0.717) is 12.8 Å². The number of unbranched alkanes of at least 4 members (excludes halogenated alkanes) is 3. The third kappa shape index (κ3) is 10.5. The van der Waals surface area contributed by atoms with Crippen LogP contribution in [0.2, 0.25) is 0 Å². The molecule has 0 unspecified atom stereocenters. The smallest absolute Gasteiger partial charge is 0.171 e. The molecular formula is C7H12F3I. The molecular weight excluding hydrogens is 268 g/mol. The van der Waals surface area contributed by atoms with Crippen molar-refractivity contribution in [3.05, 3.63) is 0 Å². The second-order valence-electron chi connectivity index (χ2n) is 2.47. The normalized spacial score (nSPS) is 12.0. The van der Waals surface area contributed by atoms with E-state index in [-0.39, 0.29) is 0 Å². The van der Waals surface area contributed by atoms with Gasteiger partial charge in [-0.25, -0.2) is 0 Å². The van der Waals surface area contributed by atoms with Gasteiger partial charge in [0, 0.05) is 6.42 Å². The predicted octanol–water partition coefficient (Wildman–Crippen LogP) is 3.93. The van der Waals surface area contributed by atoms with Crippen LogP contribution in [0.1, 0.15) is 32.1 Å². The predicted molar refractivity (Wildman–Crippen MR) is 48.0 cm³/mol. The van der Waals surface area contributed by atoms with E-state index in [9.17, 15) is 13.2 Å². The van der Waals surface area contributed by atoms with Crippen LogP contribution < -0.4 is 0 Å². The van der Waals surface area contributed by atoms with E-state index in [2.05, 4.69) is 22.6 Å². The molecule has 0 aliphatic rings. The van der Waals surface area contributed by atoms with Gasteiger partial charge in [0.05, 0.1) is 0 Å². The highest BCUT2D eigenvalue weighted by molar-refractivity contribution is 14.1. The minimum Gasteiger partial charge on any atom is -0.171 e. The fourth-order valence-electron chi connectivity index (χ4n) is 0.773. The van der Waals surface area contributed by atoms with Gasteiger partial charge in [-0.15, -0.1) is 0 Å². The molecule has 0 bridgehead atoms. The first-order valence-corrected chi connectivity index (χ1v) is 5.21. The summed E-state index contributed by atoms with van der Waals surface area (Å²) in [5.74, 6) is 0. The van der Waals surface area contributed by atoms with E-state index in [4.69, 9.17) is 0 Å². The lowest BCUT2D eigenvalue weighted by molar-refractivity contribution is -0.135. The first-order valence-electron chi connectivity index (χ1n) is 3.69. The van der Waals surface area contributed by atoms with Crippen LogP contribution in [0.5, 0.6) is 0 Å². The first kappa shape index (κ1) is 11.5. The van der Waals surface area contributed by atoms with Gasteiger partial charge in [-0.05, 0) is 17.3 Å². The molecule has 0 aliphatic heterocycles. The number of alkyl halides is 4. The number of halogens is 4. The summed E-state index contributed by atoms with van der Waals surface area (Å²) in [6.07, 6.45) is -1.60. The largest absolute Gasteiger partial charge is 0.389 e. The van der Waals surface area contributed by atoms with Crippen molar-refractivity contribution in [3.8, 4) is 0 Å². The van der Waals surface area contributed by atoms with Crippen molar-refractivity contribution in [1.82, 2.24) is 0 Å². The molecule has 0 saturated heterocycles. The summed E-state index contributed by atoms with van der Waals surface area (Å²) in [5.41, 5.74) is 0. The standard InChI is InChI=1S/C7H12F3I/c8-7(9,10)5-3-1-2-4-6-11/h1-6H2. The van der Waals surface area contributed by atoms with E-state index >= 15 is 0 Å². The van der Waals surface area contributed by atoms with E-state index in [1.54, 1.807) is 0 Å². The molecule has 0 aromatic rings. The lowest BCUT2D eigenvalue weighted by Crippen LogP contribution is -2.06. The lowest BCUT2D eigenvalue weighted by Gasteiger charge is -2.04. The molecule has 68 valence electrons. The van der Waals surface area contributed by atoms with Gasteiger partial charge >= 0.3 is 6.18 Å². The van der Waals surface area contributed by atoms with Crippen LogP contribution in [0.3, 0.4) is 0 Å². The molecule has 0 saturated carbocycles. The quantitative estimate of drug-likeness (QED) is 0.406. The van der Waals surface area contributed by atoms with Crippen LogP contribution in [0.4, 0.5) is 13.2 Å². The second kappa shape index (κ2) is 6.08. The van der Waals surface area contributed by atoms with Gasteiger partial charge in [0.2, 0.25) is 0 Å². The van der Waals surface area contributed by atoms with Crippen molar-refractivity contribution in [2.75, 3.05) is 4.43 Å². The molecule has 0 fully saturated rings. The Morgan fingerprint density at radius 2 is 1.45 bits per heavy atom. The van der Waals surface area contributed by atoms with Gasteiger partial charge < -0.3 is 0 Å². The maximum atomic E-state index is 11.6. The molecule has 0 aliphatic carbocycles. The SMILES string of the molecule is FC(F)(F)CCCCCCI. The molecule has 0 rings (SSSR count). The summed E-state index contributed by atoms with van der Waals surface area (Å²) in [6, 6.07) is 0. The summed E-state index contributed by atoms with van der Waals surface area (Å²) in [5, 5.41) is 0. The van der Waals surface area contributed by atoms with Gasteiger partial charge in [0.15, 0.2) is 0 Å². The van der Waals surface area contributed by atoms with Crippen LogP contribution >= 0.6 is 22.6 Å². The summed E-state index contributed by atoms with van der Waals surface area (Å²) < 4.78 is 35.7. The van der Waals surface area contributed by atoms with Gasteiger partial charge in [-0.1, -0.05) is 35.4 Å². The average molecular weight is 280 g/mol. The second-order valence-corrected chi connectivity index (χ2v) is 3.55. The molecule has 0 aromatic carbocycles. The maximum Gasteiger partial charge on any atom is 0.389 e. The number of hydrogen-bond acceptors (Lipinski definition) is 0. The Morgan fingerprint density at radius 1 is 0.909 bits per heavy atom. The van der Waals surface area contributed by atoms with Crippen LogP contribution in [0, 0.1) is 0 Å². The van der Waals surface area contributed by atoms with Crippen molar-refractivity contribution >= 4 is 22.6 Å². The molecule has 11 heavy (non-hydrogen) atoms. The minimum absolute atomic E-state index is 0.292.